The Kier molecular flexibility index (Phi) is 5.38. The van der Waals surface area contributed by atoms with Crippen molar-refractivity contribution >= 4 is 0 Å². The zero-order chi connectivity index (χ0) is 12.8. The van der Waals surface area contributed by atoms with E-state index in [1.807, 2.05) is 33.9 Å². The highest BCUT2D eigenvalue weighted by molar-refractivity contribution is 5.40. The normalized spacial score (nSPS) is 12.5. The fraction of sp³-hybridized carbons (Fsp3) is 0.615. The average molecular weight is 239 g/mol. The van der Waals surface area contributed by atoms with Gasteiger partial charge in [0.25, 0.3) is 0 Å². The zero-order valence-corrected chi connectivity index (χ0v) is 11.2. The van der Waals surface area contributed by atoms with E-state index in [0.717, 1.165) is 22.6 Å². The topological polar surface area (TPSA) is 40.6 Å². The molecule has 0 aromatic carbocycles. The lowest BCUT2D eigenvalue weighted by Crippen LogP contribution is -2.20. The van der Waals surface area contributed by atoms with Crippen molar-refractivity contribution in [2.24, 2.45) is 0 Å². The number of aryl methyl sites for hydroxylation is 2. The lowest BCUT2D eigenvalue weighted by atomic mass is 10.1. The number of hydrogen-bond acceptors (Lipinski definition) is 4. The molecule has 0 spiro atoms. The predicted octanol–water partition coefficient (Wildman–Crippen LogP) is 2.39. The summed E-state index contributed by atoms with van der Waals surface area (Å²) in [6.07, 6.45) is 1.53. The summed E-state index contributed by atoms with van der Waals surface area (Å²) in [6.45, 7) is 8.94. The second kappa shape index (κ2) is 6.57. The average Bonchev–Trinajstić information content (AvgIpc) is 2.30. The first-order valence-electron chi connectivity index (χ1n) is 5.76. The molecule has 1 rings (SSSR count). The van der Waals surface area contributed by atoms with Crippen LogP contribution in [0.3, 0.4) is 0 Å². The van der Waals surface area contributed by atoms with Gasteiger partial charge in [0.15, 0.2) is 6.29 Å². The molecule has 1 atom stereocenters. The van der Waals surface area contributed by atoms with E-state index in [0.29, 0.717) is 13.2 Å². The molecule has 0 bridgehead atoms. The third kappa shape index (κ3) is 3.98. The summed E-state index contributed by atoms with van der Waals surface area (Å²) in [6, 6.07) is 0. The molecule has 0 aliphatic carbocycles. The molecule has 0 fully saturated rings. The van der Waals surface area contributed by atoms with E-state index in [9.17, 15) is 0 Å². The van der Waals surface area contributed by atoms with Crippen molar-refractivity contribution in [2.75, 3.05) is 20.3 Å². The largest absolute Gasteiger partial charge is 0.465 e. The van der Waals surface area contributed by atoms with E-state index in [-0.39, 0.29) is 6.29 Å². The van der Waals surface area contributed by atoms with Crippen LogP contribution >= 0.6 is 0 Å². The molecular formula is C13H21NO3. The monoisotopic (exact) mass is 239 g/mol. The van der Waals surface area contributed by atoms with Gasteiger partial charge in [-0.3, -0.25) is 4.98 Å². The van der Waals surface area contributed by atoms with Crippen molar-refractivity contribution in [3.05, 3.63) is 23.0 Å². The maximum Gasteiger partial charge on any atom is 0.197 e. The Morgan fingerprint density at radius 1 is 1.24 bits per heavy atom. The quantitative estimate of drug-likeness (QED) is 0.564. The number of aromatic nitrogens is 1. The van der Waals surface area contributed by atoms with Gasteiger partial charge in [-0.15, -0.1) is 0 Å². The van der Waals surface area contributed by atoms with Crippen LogP contribution in [-0.2, 0) is 9.47 Å². The van der Waals surface area contributed by atoms with Crippen molar-refractivity contribution in [3.8, 4) is 5.75 Å². The Hall–Kier alpha value is -1.13. The Balaban J connectivity index is 2.64. The molecule has 0 saturated heterocycles. The molecule has 1 aromatic rings. The highest BCUT2D eigenvalue weighted by atomic mass is 16.7. The molecule has 1 heterocycles. The number of methoxy groups -OCH3 is 1. The van der Waals surface area contributed by atoms with Crippen LogP contribution in [-0.4, -0.2) is 31.6 Å². The fourth-order valence-electron chi connectivity index (χ4n) is 1.49. The van der Waals surface area contributed by atoms with Gasteiger partial charge in [0.2, 0.25) is 0 Å². The molecule has 4 heteroatoms. The van der Waals surface area contributed by atoms with Crippen LogP contribution in [0.25, 0.3) is 0 Å². The summed E-state index contributed by atoms with van der Waals surface area (Å²) in [5, 5.41) is 0. The molecule has 1 unspecified atom stereocenters. The second-order valence-electron chi connectivity index (χ2n) is 4.03. The van der Waals surface area contributed by atoms with Crippen LogP contribution < -0.4 is 4.74 Å². The van der Waals surface area contributed by atoms with Gasteiger partial charge in [-0.05, 0) is 27.7 Å². The van der Waals surface area contributed by atoms with E-state index in [1.165, 1.54) is 0 Å². The van der Waals surface area contributed by atoms with E-state index in [4.69, 9.17) is 14.2 Å². The van der Waals surface area contributed by atoms with Crippen molar-refractivity contribution in [3.63, 3.8) is 0 Å². The Bertz CT molecular complexity index is 366. The van der Waals surface area contributed by atoms with Crippen molar-refractivity contribution < 1.29 is 14.2 Å². The van der Waals surface area contributed by atoms with Gasteiger partial charge >= 0.3 is 0 Å². The van der Waals surface area contributed by atoms with Crippen molar-refractivity contribution in [1.82, 2.24) is 4.98 Å². The van der Waals surface area contributed by atoms with E-state index in [2.05, 4.69) is 4.98 Å². The van der Waals surface area contributed by atoms with Gasteiger partial charge in [-0.2, -0.15) is 0 Å². The Labute approximate surface area is 103 Å². The predicted molar refractivity (Wildman–Crippen MR) is 66.4 cm³/mol. The maximum absolute atomic E-state index is 5.79. The van der Waals surface area contributed by atoms with Crippen LogP contribution in [0.1, 0.15) is 23.7 Å². The second-order valence-corrected chi connectivity index (χ2v) is 4.03. The molecule has 0 radical (unpaired) electrons. The minimum absolute atomic E-state index is 0.288. The number of ether oxygens (including phenoxy) is 3. The highest BCUT2D eigenvalue weighted by Gasteiger charge is 2.11. The number of pyridine rings is 1. The minimum atomic E-state index is -0.288. The molecule has 0 aliphatic rings. The molecule has 96 valence electrons. The van der Waals surface area contributed by atoms with Gasteiger partial charge in [0, 0.05) is 30.1 Å². The van der Waals surface area contributed by atoms with Crippen molar-refractivity contribution in [2.45, 2.75) is 34.0 Å². The molecule has 17 heavy (non-hydrogen) atoms. The maximum atomic E-state index is 5.79. The first-order valence-corrected chi connectivity index (χ1v) is 5.76. The molecule has 0 N–H and O–H groups in total. The van der Waals surface area contributed by atoms with Gasteiger partial charge in [0.05, 0.1) is 13.2 Å². The van der Waals surface area contributed by atoms with E-state index >= 15 is 0 Å². The number of rotatable bonds is 6. The van der Waals surface area contributed by atoms with Crippen LogP contribution in [0.2, 0.25) is 0 Å². The van der Waals surface area contributed by atoms with Crippen LogP contribution in [0, 0.1) is 20.8 Å². The van der Waals surface area contributed by atoms with Crippen molar-refractivity contribution in [1.29, 1.82) is 0 Å². The van der Waals surface area contributed by atoms with Crippen LogP contribution in [0.4, 0.5) is 0 Å². The van der Waals surface area contributed by atoms with E-state index in [1.54, 1.807) is 7.11 Å². The third-order valence-electron chi connectivity index (χ3n) is 2.62. The van der Waals surface area contributed by atoms with Crippen LogP contribution in [0.5, 0.6) is 5.75 Å². The first kappa shape index (κ1) is 13.9. The summed E-state index contributed by atoms with van der Waals surface area (Å²) >= 11 is 0. The molecule has 1 aromatic heterocycles. The first-order chi connectivity index (χ1) is 8.06. The van der Waals surface area contributed by atoms with E-state index < -0.39 is 0 Å². The lowest BCUT2D eigenvalue weighted by Gasteiger charge is -2.19. The van der Waals surface area contributed by atoms with Gasteiger partial charge < -0.3 is 14.2 Å². The fourth-order valence-corrected chi connectivity index (χ4v) is 1.49. The standard InChI is InChI=1S/C13H21NO3/c1-9-8-14-11(3)10(2)13(9)17-12(4)16-7-6-15-5/h8,12H,6-7H2,1-5H3. The molecule has 0 amide bonds. The third-order valence-corrected chi connectivity index (χ3v) is 2.62. The summed E-state index contributed by atoms with van der Waals surface area (Å²) in [5.74, 6) is 0.863. The molecule has 4 nitrogen and oxygen atoms in total. The summed E-state index contributed by atoms with van der Waals surface area (Å²) in [5.41, 5.74) is 3.07. The summed E-state index contributed by atoms with van der Waals surface area (Å²) in [4.78, 5) is 4.28. The number of nitrogens with zero attached hydrogens (tertiary/aromatic N) is 1. The van der Waals surface area contributed by atoms with Gasteiger partial charge in [-0.25, -0.2) is 0 Å². The minimum Gasteiger partial charge on any atom is -0.465 e. The van der Waals surface area contributed by atoms with Gasteiger partial charge in [-0.1, -0.05) is 0 Å². The lowest BCUT2D eigenvalue weighted by molar-refractivity contribution is -0.0802. The Morgan fingerprint density at radius 2 is 1.94 bits per heavy atom. The smallest absolute Gasteiger partial charge is 0.197 e. The molecule has 0 aliphatic heterocycles. The number of hydrogen-bond donors (Lipinski definition) is 0. The van der Waals surface area contributed by atoms with Gasteiger partial charge in [0.1, 0.15) is 5.75 Å². The Morgan fingerprint density at radius 3 is 2.59 bits per heavy atom. The molecular weight excluding hydrogens is 218 g/mol. The summed E-state index contributed by atoms with van der Waals surface area (Å²) in [7, 11) is 1.65. The SMILES string of the molecule is COCCOC(C)Oc1c(C)cnc(C)c1C. The highest BCUT2D eigenvalue weighted by Crippen LogP contribution is 2.25. The van der Waals surface area contributed by atoms with Crippen LogP contribution in [0.15, 0.2) is 6.20 Å². The molecule has 0 saturated carbocycles. The zero-order valence-electron chi connectivity index (χ0n) is 11.2. The summed E-state index contributed by atoms with van der Waals surface area (Å²) < 4.78 is 16.2.